The molecule has 1 amide bonds. The molecule has 4 rings (SSSR count). The highest BCUT2D eigenvalue weighted by molar-refractivity contribution is 5.79. The minimum Gasteiger partial charge on any atom is -0.490 e. The SMILES string of the molecule is CCOc1ccc(CCN2CC(c3noc(-c4ccccc4F)n3)CC2=O)cc1OCC. The van der Waals surface area contributed by atoms with Crippen LogP contribution in [0.1, 0.15) is 37.6 Å². The molecule has 0 aliphatic carbocycles. The van der Waals surface area contributed by atoms with E-state index in [4.69, 9.17) is 14.0 Å². The van der Waals surface area contributed by atoms with Crippen LogP contribution in [0, 0.1) is 5.82 Å². The standard InChI is InChI=1S/C24H26FN3O4/c1-3-30-20-10-9-16(13-21(20)31-4-2)11-12-28-15-17(14-22(28)29)23-26-24(32-27-23)18-7-5-6-8-19(18)25/h5-10,13,17H,3-4,11-12,14-15H2,1-2H3. The normalized spacial score (nSPS) is 15.9. The number of benzene rings is 2. The van der Waals surface area contributed by atoms with E-state index in [2.05, 4.69) is 10.1 Å². The molecule has 1 atom stereocenters. The Balaban J connectivity index is 1.40. The Morgan fingerprint density at radius 2 is 1.91 bits per heavy atom. The highest BCUT2D eigenvalue weighted by Gasteiger charge is 2.33. The number of hydrogen-bond acceptors (Lipinski definition) is 6. The quantitative estimate of drug-likeness (QED) is 0.497. The van der Waals surface area contributed by atoms with Crippen molar-refractivity contribution in [3.05, 3.63) is 59.7 Å². The van der Waals surface area contributed by atoms with E-state index in [9.17, 15) is 9.18 Å². The molecule has 0 radical (unpaired) electrons. The van der Waals surface area contributed by atoms with E-state index >= 15 is 0 Å². The first-order chi connectivity index (χ1) is 15.6. The summed E-state index contributed by atoms with van der Waals surface area (Å²) < 4.78 is 30.5. The van der Waals surface area contributed by atoms with Gasteiger partial charge in [0, 0.05) is 25.4 Å². The van der Waals surface area contributed by atoms with Gasteiger partial charge in [0.2, 0.25) is 5.91 Å². The Morgan fingerprint density at radius 1 is 1.12 bits per heavy atom. The van der Waals surface area contributed by atoms with E-state index in [0.717, 1.165) is 11.3 Å². The molecule has 0 N–H and O–H groups in total. The lowest BCUT2D eigenvalue weighted by Gasteiger charge is -2.17. The Morgan fingerprint density at radius 3 is 2.69 bits per heavy atom. The summed E-state index contributed by atoms with van der Waals surface area (Å²) in [4.78, 5) is 18.7. The second kappa shape index (κ2) is 9.80. The Hall–Kier alpha value is -3.42. The summed E-state index contributed by atoms with van der Waals surface area (Å²) >= 11 is 0. The molecule has 1 unspecified atom stereocenters. The van der Waals surface area contributed by atoms with Crippen LogP contribution in [-0.2, 0) is 11.2 Å². The van der Waals surface area contributed by atoms with Gasteiger partial charge >= 0.3 is 0 Å². The smallest absolute Gasteiger partial charge is 0.260 e. The van der Waals surface area contributed by atoms with Gasteiger partial charge in [0.05, 0.1) is 18.8 Å². The molecular formula is C24H26FN3O4. The molecule has 32 heavy (non-hydrogen) atoms. The lowest BCUT2D eigenvalue weighted by molar-refractivity contribution is -0.127. The number of carbonyl (C=O) groups excluding carboxylic acids is 1. The molecule has 1 aliphatic rings. The Bertz CT molecular complexity index is 1080. The summed E-state index contributed by atoms with van der Waals surface area (Å²) in [5.74, 6) is 1.44. The molecule has 0 bridgehead atoms. The number of amides is 1. The number of carbonyl (C=O) groups is 1. The van der Waals surface area contributed by atoms with Crippen LogP contribution in [0.3, 0.4) is 0 Å². The third kappa shape index (κ3) is 4.74. The van der Waals surface area contributed by atoms with E-state index in [1.807, 2.05) is 32.0 Å². The number of aromatic nitrogens is 2. The van der Waals surface area contributed by atoms with Crippen molar-refractivity contribution in [1.29, 1.82) is 0 Å². The third-order valence-corrected chi connectivity index (χ3v) is 5.40. The second-order valence-electron chi connectivity index (χ2n) is 7.58. The Kier molecular flexibility index (Phi) is 6.68. The molecule has 0 saturated carbocycles. The topological polar surface area (TPSA) is 77.7 Å². The fraction of sp³-hybridized carbons (Fsp3) is 0.375. The zero-order valence-corrected chi connectivity index (χ0v) is 18.2. The summed E-state index contributed by atoms with van der Waals surface area (Å²) in [5.41, 5.74) is 1.32. The second-order valence-corrected chi connectivity index (χ2v) is 7.58. The number of likely N-dealkylation sites (tertiary alicyclic amines) is 1. The zero-order valence-electron chi connectivity index (χ0n) is 18.2. The first kappa shape index (κ1) is 21.8. The van der Waals surface area contributed by atoms with Crippen molar-refractivity contribution >= 4 is 5.91 Å². The van der Waals surface area contributed by atoms with Gasteiger partial charge < -0.3 is 18.9 Å². The molecule has 1 saturated heterocycles. The van der Waals surface area contributed by atoms with Crippen LogP contribution in [0.15, 0.2) is 47.0 Å². The van der Waals surface area contributed by atoms with Crippen molar-refractivity contribution in [2.45, 2.75) is 32.6 Å². The minimum atomic E-state index is -0.423. The molecule has 3 aromatic rings. The van der Waals surface area contributed by atoms with E-state index < -0.39 is 5.82 Å². The van der Waals surface area contributed by atoms with Crippen LogP contribution in [0.5, 0.6) is 11.5 Å². The average Bonchev–Trinajstić information content (AvgIpc) is 3.41. The first-order valence-corrected chi connectivity index (χ1v) is 10.8. The largest absolute Gasteiger partial charge is 0.490 e. The summed E-state index contributed by atoms with van der Waals surface area (Å²) in [5, 5.41) is 4.00. The monoisotopic (exact) mass is 439 g/mol. The van der Waals surface area contributed by atoms with Crippen molar-refractivity contribution in [2.24, 2.45) is 0 Å². The van der Waals surface area contributed by atoms with Crippen LogP contribution in [0.25, 0.3) is 11.5 Å². The van der Waals surface area contributed by atoms with Crippen molar-refractivity contribution in [3.63, 3.8) is 0 Å². The average molecular weight is 439 g/mol. The maximum Gasteiger partial charge on any atom is 0.260 e. The maximum absolute atomic E-state index is 14.0. The molecule has 8 heteroatoms. The van der Waals surface area contributed by atoms with Crippen LogP contribution in [0.2, 0.25) is 0 Å². The van der Waals surface area contributed by atoms with Crippen molar-refractivity contribution in [3.8, 4) is 23.0 Å². The van der Waals surface area contributed by atoms with Gasteiger partial charge in [-0.15, -0.1) is 0 Å². The van der Waals surface area contributed by atoms with Gasteiger partial charge in [0.15, 0.2) is 17.3 Å². The molecule has 168 valence electrons. The third-order valence-electron chi connectivity index (χ3n) is 5.40. The van der Waals surface area contributed by atoms with E-state index in [0.29, 0.717) is 50.7 Å². The molecule has 2 aromatic carbocycles. The van der Waals surface area contributed by atoms with E-state index in [1.54, 1.807) is 23.1 Å². The van der Waals surface area contributed by atoms with Crippen LogP contribution in [-0.4, -0.2) is 47.3 Å². The zero-order chi connectivity index (χ0) is 22.5. The number of ether oxygens (including phenoxy) is 2. The predicted molar refractivity (Wildman–Crippen MR) is 116 cm³/mol. The molecule has 0 spiro atoms. The van der Waals surface area contributed by atoms with E-state index in [-0.39, 0.29) is 23.3 Å². The maximum atomic E-state index is 14.0. The fourth-order valence-electron chi connectivity index (χ4n) is 3.82. The lowest BCUT2D eigenvalue weighted by atomic mass is 10.1. The van der Waals surface area contributed by atoms with Gasteiger partial charge in [0.25, 0.3) is 5.89 Å². The predicted octanol–water partition coefficient (Wildman–Crippen LogP) is 4.23. The highest BCUT2D eigenvalue weighted by atomic mass is 19.1. The first-order valence-electron chi connectivity index (χ1n) is 10.8. The van der Waals surface area contributed by atoms with Gasteiger partial charge in [-0.25, -0.2) is 4.39 Å². The van der Waals surface area contributed by atoms with Crippen LogP contribution >= 0.6 is 0 Å². The van der Waals surface area contributed by atoms with Gasteiger partial charge in [-0.05, 0) is 50.1 Å². The molecule has 1 aromatic heterocycles. The van der Waals surface area contributed by atoms with Gasteiger partial charge in [-0.3, -0.25) is 4.79 Å². The van der Waals surface area contributed by atoms with Gasteiger partial charge in [-0.1, -0.05) is 23.4 Å². The number of hydrogen-bond donors (Lipinski definition) is 0. The molecule has 1 fully saturated rings. The summed E-state index contributed by atoms with van der Waals surface area (Å²) in [6, 6.07) is 12.1. The number of nitrogens with zero attached hydrogens (tertiary/aromatic N) is 3. The van der Waals surface area contributed by atoms with E-state index in [1.165, 1.54) is 6.07 Å². The number of halogens is 1. The van der Waals surface area contributed by atoms with Crippen molar-refractivity contribution in [1.82, 2.24) is 15.0 Å². The fourth-order valence-corrected chi connectivity index (χ4v) is 3.82. The molecule has 1 aliphatic heterocycles. The molecule has 2 heterocycles. The minimum absolute atomic E-state index is 0.0446. The summed E-state index contributed by atoms with van der Waals surface area (Å²) in [7, 11) is 0. The summed E-state index contributed by atoms with van der Waals surface area (Å²) in [6.07, 6.45) is 1.00. The molecular weight excluding hydrogens is 413 g/mol. The van der Waals surface area contributed by atoms with Crippen LogP contribution in [0.4, 0.5) is 4.39 Å². The highest BCUT2D eigenvalue weighted by Crippen LogP contribution is 2.31. The summed E-state index contributed by atoms with van der Waals surface area (Å²) in [6.45, 7) is 6.06. The lowest BCUT2D eigenvalue weighted by Crippen LogP contribution is -2.27. The van der Waals surface area contributed by atoms with Crippen molar-refractivity contribution < 1.29 is 23.2 Å². The molecule has 7 nitrogen and oxygen atoms in total. The number of rotatable bonds is 9. The van der Waals surface area contributed by atoms with Gasteiger partial charge in [-0.2, -0.15) is 4.98 Å². The van der Waals surface area contributed by atoms with Crippen molar-refractivity contribution in [2.75, 3.05) is 26.3 Å². The Labute approximate surface area is 186 Å². The van der Waals surface area contributed by atoms with Gasteiger partial charge in [0.1, 0.15) is 5.82 Å². The van der Waals surface area contributed by atoms with Crippen LogP contribution < -0.4 is 9.47 Å².